The van der Waals surface area contributed by atoms with Crippen molar-refractivity contribution in [2.24, 2.45) is 5.92 Å². The average Bonchev–Trinajstić information content (AvgIpc) is 2.54. The fourth-order valence-corrected chi connectivity index (χ4v) is 2.33. The van der Waals surface area contributed by atoms with Gasteiger partial charge in [-0.15, -0.1) is 0 Å². The molecule has 19 heavy (non-hydrogen) atoms. The van der Waals surface area contributed by atoms with Gasteiger partial charge in [0, 0.05) is 25.8 Å². The SMILES string of the molecule is CC1CNC(=O)C(CC#N)N(Cc2ccccn2)C1. The number of pyridine rings is 1. The quantitative estimate of drug-likeness (QED) is 0.875. The highest BCUT2D eigenvalue weighted by Gasteiger charge is 2.30. The zero-order chi connectivity index (χ0) is 13.7. The molecule has 1 amide bonds. The molecule has 5 nitrogen and oxygen atoms in total. The first-order valence-electron chi connectivity index (χ1n) is 6.49. The van der Waals surface area contributed by atoms with Crippen molar-refractivity contribution in [2.45, 2.75) is 25.9 Å². The number of hydrogen-bond acceptors (Lipinski definition) is 4. The molecule has 1 aliphatic heterocycles. The molecule has 0 radical (unpaired) electrons. The van der Waals surface area contributed by atoms with E-state index in [4.69, 9.17) is 5.26 Å². The Labute approximate surface area is 113 Å². The van der Waals surface area contributed by atoms with Gasteiger partial charge in [0.25, 0.3) is 0 Å². The van der Waals surface area contributed by atoms with Crippen molar-refractivity contribution in [1.29, 1.82) is 5.26 Å². The summed E-state index contributed by atoms with van der Waals surface area (Å²) >= 11 is 0. The van der Waals surface area contributed by atoms with E-state index in [0.717, 1.165) is 12.2 Å². The van der Waals surface area contributed by atoms with Crippen molar-refractivity contribution < 1.29 is 4.79 Å². The zero-order valence-corrected chi connectivity index (χ0v) is 11.0. The summed E-state index contributed by atoms with van der Waals surface area (Å²) in [5.74, 6) is 0.318. The Kier molecular flexibility index (Phi) is 4.48. The van der Waals surface area contributed by atoms with Crippen molar-refractivity contribution in [1.82, 2.24) is 15.2 Å². The molecule has 2 rings (SSSR count). The molecule has 1 aliphatic rings. The highest BCUT2D eigenvalue weighted by Crippen LogP contribution is 2.15. The van der Waals surface area contributed by atoms with Gasteiger partial charge in [-0.1, -0.05) is 13.0 Å². The third kappa shape index (κ3) is 3.52. The van der Waals surface area contributed by atoms with Gasteiger partial charge in [0.1, 0.15) is 6.04 Å². The molecule has 2 heterocycles. The second-order valence-electron chi connectivity index (χ2n) is 4.98. The number of nitrogens with zero attached hydrogens (tertiary/aromatic N) is 3. The Balaban J connectivity index is 2.17. The molecule has 1 fully saturated rings. The van der Waals surface area contributed by atoms with Gasteiger partial charge in [0.05, 0.1) is 18.2 Å². The van der Waals surface area contributed by atoms with Crippen molar-refractivity contribution in [2.75, 3.05) is 13.1 Å². The minimum atomic E-state index is -0.378. The van der Waals surface area contributed by atoms with Crippen LogP contribution < -0.4 is 5.32 Å². The van der Waals surface area contributed by atoms with Gasteiger partial charge in [-0.2, -0.15) is 5.26 Å². The Morgan fingerprint density at radius 3 is 3.11 bits per heavy atom. The summed E-state index contributed by atoms with van der Waals surface area (Å²) in [6, 6.07) is 7.47. The van der Waals surface area contributed by atoms with Crippen molar-refractivity contribution >= 4 is 5.91 Å². The van der Waals surface area contributed by atoms with Gasteiger partial charge in [0.2, 0.25) is 5.91 Å². The van der Waals surface area contributed by atoms with Gasteiger partial charge in [0.15, 0.2) is 0 Å². The van der Waals surface area contributed by atoms with E-state index in [9.17, 15) is 4.79 Å². The van der Waals surface area contributed by atoms with E-state index in [0.29, 0.717) is 19.0 Å². The monoisotopic (exact) mass is 258 g/mol. The van der Waals surface area contributed by atoms with Gasteiger partial charge in [-0.25, -0.2) is 0 Å². The average molecular weight is 258 g/mol. The fraction of sp³-hybridized carbons (Fsp3) is 0.500. The van der Waals surface area contributed by atoms with Crippen LogP contribution in [0.1, 0.15) is 19.0 Å². The van der Waals surface area contributed by atoms with Gasteiger partial charge >= 0.3 is 0 Å². The van der Waals surface area contributed by atoms with Crippen LogP contribution in [-0.2, 0) is 11.3 Å². The smallest absolute Gasteiger partial charge is 0.238 e. The van der Waals surface area contributed by atoms with E-state index >= 15 is 0 Å². The number of nitrogens with one attached hydrogen (secondary N) is 1. The van der Waals surface area contributed by atoms with E-state index in [1.165, 1.54) is 0 Å². The predicted molar refractivity (Wildman–Crippen MR) is 70.8 cm³/mol. The molecule has 0 aromatic carbocycles. The van der Waals surface area contributed by atoms with Crippen molar-refractivity contribution in [3.63, 3.8) is 0 Å². The van der Waals surface area contributed by atoms with E-state index in [-0.39, 0.29) is 18.4 Å². The molecule has 0 bridgehead atoms. The number of amides is 1. The summed E-state index contributed by atoms with van der Waals surface area (Å²) in [4.78, 5) is 18.4. The summed E-state index contributed by atoms with van der Waals surface area (Å²) in [6.07, 6.45) is 1.96. The second-order valence-corrected chi connectivity index (χ2v) is 4.98. The van der Waals surface area contributed by atoms with E-state index in [2.05, 4.69) is 28.2 Å². The van der Waals surface area contributed by atoms with Crippen LogP contribution in [0.4, 0.5) is 0 Å². The molecule has 0 saturated carbocycles. The predicted octanol–water partition coefficient (Wildman–Crippen LogP) is 0.932. The molecular weight excluding hydrogens is 240 g/mol. The van der Waals surface area contributed by atoms with Crippen molar-refractivity contribution in [3.05, 3.63) is 30.1 Å². The Bertz CT molecular complexity index is 468. The maximum atomic E-state index is 12.0. The van der Waals surface area contributed by atoms with Crippen LogP contribution in [0.5, 0.6) is 0 Å². The number of nitriles is 1. The van der Waals surface area contributed by atoms with Gasteiger partial charge < -0.3 is 5.32 Å². The Hall–Kier alpha value is -1.93. The fourth-order valence-electron chi connectivity index (χ4n) is 2.33. The number of carbonyl (C=O) groups excluding carboxylic acids is 1. The molecule has 100 valence electrons. The molecule has 1 aromatic heterocycles. The van der Waals surface area contributed by atoms with Crippen LogP contribution in [-0.4, -0.2) is 34.9 Å². The third-order valence-corrected chi connectivity index (χ3v) is 3.29. The number of carbonyl (C=O) groups is 1. The van der Waals surface area contributed by atoms with Crippen LogP contribution >= 0.6 is 0 Å². The molecule has 1 N–H and O–H groups in total. The molecule has 5 heteroatoms. The van der Waals surface area contributed by atoms with Crippen LogP contribution in [0, 0.1) is 17.2 Å². The van der Waals surface area contributed by atoms with Gasteiger partial charge in [-0.3, -0.25) is 14.7 Å². The summed E-state index contributed by atoms with van der Waals surface area (Å²) < 4.78 is 0. The second kappa shape index (κ2) is 6.30. The molecule has 1 aromatic rings. The zero-order valence-electron chi connectivity index (χ0n) is 11.0. The molecule has 0 aliphatic carbocycles. The topological polar surface area (TPSA) is 69.0 Å². The first kappa shape index (κ1) is 13.5. The highest BCUT2D eigenvalue weighted by molar-refractivity contribution is 5.82. The van der Waals surface area contributed by atoms with E-state index in [1.807, 2.05) is 18.2 Å². The lowest BCUT2D eigenvalue weighted by Gasteiger charge is -2.27. The van der Waals surface area contributed by atoms with Gasteiger partial charge in [-0.05, 0) is 18.1 Å². The molecule has 0 spiro atoms. The summed E-state index contributed by atoms with van der Waals surface area (Å²) in [5.41, 5.74) is 0.923. The number of aromatic nitrogens is 1. The normalized spacial score (nSPS) is 24.3. The first-order chi connectivity index (χ1) is 9.20. The van der Waals surface area contributed by atoms with Crippen LogP contribution in [0.25, 0.3) is 0 Å². The minimum Gasteiger partial charge on any atom is -0.354 e. The lowest BCUT2D eigenvalue weighted by molar-refractivity contribution is -0.125. The Morgan fingerprint density at radius 2 is 2.42 bits per heavy atom. The standard InChI is InChI=1S/C14H18N4O/c1-11-8-17-14(19)13(5-6-15)18(9-11)10-12-4-2-3-7-16-12/h2-4,7,11,13H,5,8-10H2,1H3,(H,17,19). The summed E-state index contributed by atoms with van der Waals surface area (Å²) in [5, 5.41) is 11.8. The molecule has 1 saturated heterocycles. The van der Waals surface area contributed by atoms with Crippen LogP contribution in [0.3, 0.4) is 0 Å². The lowest BCUT2D eigenvalue weighted by atomic mass is 10.1. The summed E-state index contributed by atoms with van der Waals surface area (Å²) in [6.45, 7) is 4.16. The minimum absolute atomic E-state index is 0.0539. The van der Waals surface area contributed by atoms with Crippen LogP contribution in [0.2, 0.25) is 0 Å². The first-order valence-corrected chi connectivity index (χ1v) is 6.49. The largest absolute Gasteiger partial charge is 0.354 e. The van der Waals surface area contributed by atoms with Crippen molar-refractivity contribution in [3.8, 4) is 6.07 Å². The van der Waals surface area contributed by atoms with Crippen LogP contribution in [0.15, 0.2) is 24.4 Å². The molecule has 2 atom stereocenters. The lowest BCUT2D eigenvalue weighted by Crippen LogP contribution is -2.43. The van der Waals surface area contributed by atoms with E-state index < -0.39 is 0 Å². The summed E-state index contributed by atoms with van der Waals surface area (Å²) in [7, 11) is 0. The van der Waals surface area contributed by atoms with E-state index in [1.54, 1.807) is 6.20 Å². The highest BCUT2D eigenvalue weighted by atomic mass is 16.2. The number of hydrogen-bond donors (Lipinski definition) is 1. The maximum Gasteiger partial charge on any atom is 0.238 e. The third-order valence-electron chi connectivity index (χ3n) is 3.29. The molecule has 2 unspecified atom stereocenters. The Morgan fingerprint density at radius 1 is 1.58 bits per heavy atom. The maximum absolute atomic E-state index is 12.0. The molecular formula is C14H18N4O. The number of rotatable bonds is 3.